The van der Waals surface area contributed by atoms with Crippen LogP contribution in [0.2, 0.25) is 0 Å². The van der Waals surface area contributed by atoms with Gasteiger partial charge in [-0.05, 0) is 46.8 Å². The van der Waals surface area contributed by atoms with E-state index in [1.807, 2.05) is 38.1 Å². The van der Waals surface area contributed by atoms with Gasteiger partial charge in [0.15, 0.2) is 0 Å². The molecule has 0 radical (unpaired) electrons. The standard InChI is InChI=1S/C16H14N6OS2/c1-10-4-3-5-11(2)14(10)22-16(19-20-21-22)25-9-13(23)18-15-12(8-17)6-7-24-15/h3-7H,9H2,1-2H3,(H,18,23). The van der Waals surface area contributed by atoms with Crippen molar-refractivity contribution < 1.29 is 4.79 Å². The van der Waals surface area contributed by atoms with Crippen molar-refractivity contribution in [3.63, 3.8) is 0 Å². The van der Waals surface area contributed by atoms with Crippen LogP contribution in [0, 0.1) is 25.2 Å². The Bertz CT molecular complexity index is 935. The number of nitriles is 1. The van der Waals surface area contributed by atoms with E-state index in [9.17, 15) is 4.79 Å². The van der Waals surface area contributed by atoms with Crippen molar-refractivity contribution in [1.29, 1.82) is 5.26 Å². The number of anilines is 1. The van der Waals surface area contributed by atoms with Crippen molar-refractivity contribution in [3.05, 3.63) is 46.3 Å². The molecule has 7 nitrogen and oxygen atoms in total. The molecule has 0 aliphatic rings. The van der Waals surface area contributed by atoms with Gasteiger partial charge in [0.25, 0.3) is 0 Å². The summed E-state index contributed by atoms with van der Waals surface area (Å²) in [5, 5.41) is 26.4. The van der Waals surface area contributed by atoms with Crippen LogP contribution in [-0.2, 0) is 4.79 Å². The Balaban J connectivity index is 1.72. The number of tetrazole rings is 1. The number of aryl methyl sites for hydroxylation is 2. The monoisotopic (exact) mass is 370 g/mol. The second-order valence-corrected chi connectivity index (χ2v) is 7.08. The van der Waals surface area contributed by atoms with Crippen molar-refractivity contribution in [3.8, 4) is 11.8 Å². The molecule has 0 saturated heterocycles. The number of rotatable bonds is 5. The van der Waals surface area contributed by atoms with Gasteiger partial charge >= 0.3 is 0 Å². The highest BCUT2D eigenvalue weighted by molar-refractivity contribution is 7.99. The van der Waals surface area contributed by atoms with Crippen LogP contribution < -0.4 is 5.32 Å². The summed E-state index contributed by atoms with van der Waals surface area (Å²) in [4.78, 5) is 12.1. The SMILES string of the molecule is Cc1cccc(C)c1-n1nnnc1SCC(=O)Nc1sccc1C#N. The first-order valence-corrected chi connectivity index (χ1v) is 9.22. The van der Waals surface area contributed by atoms with Gasteiger partial charge in [0.1, 0.15) is 11.1 Å². The Morgan fingerprint density at radius 1 is 1.36 bits per heavy atom. The Labute approximate surface area is 152 Å². The summed E-state index contributed by atoms with van der Waals surface area (Å²) in [6.07, 6.45) is 0. The Morgan fingerprint density at radius 2 is 2.12 bits per heavy atom. The fourth-order valence-electron chi connectivity index (χ4n) is 2.34. The molecule has 2 heterocycles. The van der Waals surface area contributed by atoms with Gasteiger partial charge in [-0.2, -0.15) is 9.94 Å². The van der Waals surface area contributed by atoms with Crippen molar-refractivity contribution in [1.82, 2.24) is 20.2 Å². The number of para-hydroxylation sites is 1. The van der Waals surface area contributed by atoms with E-state index in [2.05, 4.69) is 20.8 Å². The largest absolute Gasteiger partial charge is 0.316 e. The van der Waals surface area contributed by atoms with E-state index < -0.39 is 0 Å². The highest BCUT2D eigenvalue weighted by atomic mass is 32.2. The molecule has 0 unspecified atom stereocenters. The van der Waals surface area contributed by atoms with Crippen molar-refractivity contribution >= 4 is 34.0 Å². The number of hydrogen-bond acceptors (Lipinski definition) is 7. The summed E-state index contributed by atoms with van der Waals surface area (Å²) in [5.41, 5.74) is 3.48. The number of benzene rings is 1. The van der Waals surface area contributed by atoms with Gasteiger partial charge in [0, 0.05) is 0 Å². The molecule has 0 saturated carbocycles. The third-order valence-corrected chi connectivity index (χ3v) is 5.21. The number of carbonyl (C=O) groups excluding carboxylic acids is 1. The van der Waals surface area contributed by atoms with Crippen LogP contribution in [-0.4, -0.2) is 31.9 Å². The van der Waals surface area contributed by atoms with Gasteiger partial charge in [-0.15, -0.1) is 16.4 Å². The average molecular weight is 370 g/mol. The van der Waals surface area contributed by atoms with Crippen LogP contribution in [0.5, 0.6) is 0 Å². The minimum Gasteiger partial charge on any atom is -0.316 e. The maximum atomic E-state index is 12.1. The average Bonchev–Trinajstić information content (AvgIpc) is 3.22. The fraction of sp³-hybridized carbons (Fsp3) is 0.188. The molecule has 0 aliphatic heterocycles. The van der Waals surface area contributed by atoms with Crippen molar-refractivity contribution in [2.45, 2.75) is 19.0 Å². The molecule has 1 amide bonds. The van der Waals surface area contributed by atoms with Gasteiger partial charge < -0.3 is 5.32 Å². The molecule has 3 rings (SSSR count). The summed E-state index contributed by atoms with van der Waals surface area (Å²) in [6, 6.07) is 9.68. The summed E-state index contributed by atoms with van der Waals surface area (Å²) in [5.74, 6) is -0.0614. The third-order valence-electron chi connectivity index (χ3n) is 3.46. The maximum Gasteiger partial charge on any atom is 0.235 e. The molecule has 0 spiro atoms. The highest BCUT2D eigenvalue weighted by Gasteiger charge is 2.15. The minimum atomic E-state index is -0.208. The summed E-state index contributed by atoms with van der Waals surface area (Å²) >= 11 is 2.57. The van der Waals surface area contributed by atoms with Gasteiger partial charge in [0.2, 0.25) is 11.1 Å². The van der Waals surface area contributed by atoms with Gasteiger partial charge in [-0.3, -0.25) is 4.79 Å². The Hall–Kier alpha value is -2.70. The molecule has 0 atom stereocenters. The number of thiophene rings is 1. The van der Waals surface area contributed by atoms with Gasteiger partial charge in [-0.25, -0.2) is 0 Å². The molecule has 9 heteroatoms. The number of aromatic nitrogens is 4. The Kier molecular flexibility index (Phi) is 5.11. The first-order valence-electron chi connectivity index (χ1n) is 7.35. The zero-order chi connectivity index (χ0) is 17.8. The van der Waals surface area contributed by atoms with E-state index in [1.165, 1.54) is 23.1 Å². The van der Waals surface area contributed by atoms with E-state index in [4.69, 9.17) is 5.26 Å². The van der Waals surface area contributed by atoms with Crippen LogP contribution in [0.1, 0.15) is 16.7 Å². The van der Waals surface area contributed by atoms with Gasteiger partial charge in [-0.1, -0.05) is 30.0 Å². The van der Waals surface area contributed by atoms with E-state index in [0.717, 1.165) is 16.8 Å². The van der Waals surface area contributed by atoms with Crippen LogP contribution in [0.3, 0.4) is 0 Å². The lowest BCUT2D eigenvalue weighted by Gasteiger charge is -2.10. The number of carbonyl (C=O) groups is 1. The number of amides is 1. The van der Waals surface area contributed by atoms with Crippen LogP contribution in [0.25, 0.3) is 5.69 Å². The molecule has 2 aromatic heterocycles. The molecular weight excluding hydrogens is 356 g/mol. The molecular formula is C16H14N6OS2. The third kappa shape index (κ3) is 3.70. The number of nitrogens with zero attached hydrogens (tertiary/aromatic N) is 5. The topological polar surface area (TPSA) is 96.5 Å². The highest BCUT2D eigenvalue weighted by Crippen LogP contribution is 2.25. The molecule has 126 valence electrons. The van der Waals surface area contributed by atoms with E-state index in [1.54, 1.807) is 16.1 Å². The Morgan fingerprint density at radius 3 is 2.84 bits per heavy atom. The fourth-order valence-corrected chi connectivity index (χ4v) is 3.77. The lowest BCUT2D eigenvalue weighted by molar-refractivity contribution is -0.113. The second-order valence-electron chi connectivity index (χ2n) is 5.23. The molecule has 0 aliphatic carbocycles. The zero-order valence-electron chi connectivity index (χ0n) is 13.6. The first kappa shape index (κ1) is 17.1. The second kappa shape index (κ2) is 7.46. The van der Waals surface area contributed by atoms with E-state index in [0.29, 0.717) is 15.7 Å². The van der Waals surface area contributed by atoms with Crippen LogP contribution >= 0.6 is 23.1 Å². The predicted octanol–water partition coefficient (Wildman–Crippen LogP) is 2.94. The summed E-state index contributed by atoms with van der Waals surface area (Å²) in [6.45, 7) is 3.98. The quantitative estimate of drug-likeness (QED) is 0.694. The predicted molar refractivity (Wildman–Crippen MR) is 97.0 cm³/mol. The van der Waals surface area contributed by atoms with E-state index >= 15 is 0 Å². The molecule has 1 aromatic carbocycles. The zero-order valence-corrected chi connectivity index (χ0v) is 15.2. The molecule has 0 bridgehead atoms. The summed E-state index contributed by atoms with van der Waals surface area (Å²) < 4.78 is 1.65. The van der Waals surface area contributed by atoms with Crippen LogP contribution in [0.4, 0.5) is 5.00 Å². The number of hydrogen-bond donors (Lipinski definition) is 1. The van der Waals surface area contributed by atoms with Crippen LogP contribution in [0.15, 0.2) is 34.8 Å². The maximum absolute atomic E-state index is 12.1. The van der Waals surface area contributed by atoms with E-state index in [-0.39, 0.29) is 11.7 Å². The summed E-state index contributed by atoms with van der Waals surface area (Å²) in [7, 11) is 0. The van der Waals surface area contributed by atoms with Gasteiger partial charge in [0.05, 0.1) is 17.0 Å². The molecule has 25 heavy (non-hydrogen) atoms. The van der Waals surface area contributed by atoms with Crippen molar-refractivity contribution in [2.75, 3.05) is 11.1 Å². The molecule has 0 fully saturated rings. The molecule has 1 N–H and O–H groups in total. The minimum absolute atomic E-state index is 0.147. The lowest BCUT2D eigenvalue weighted by atomic mass is 10.1. The smallest absolute Gasteiger partial charge is 0.235 e. The number of thioether (sulfide) groups is 1. The first-order chi connectivity index (χ1) is 12.1. The van der Waals surface area contributed by atoms with Crippen molar-refractivity contribution in [2.24, 2.45) is 0 Å². The molecule has 3 aromatic rings. The number of nitrogens with one attached hydrogen (secondary N) is 1. The lowest BCUT2D eigenvalue weighted by Crippen LogP contribution is -2.14. The normalized spacial score (nSPS) is 10.4.